The minimum Gasteiger partial charge on any atom is -0.491 e. The van der Waals surface area contributed by atoms with Crippen molar-refractivity contribution in [2.45, 2.75) is 26.6 Å². The van der Waals surface area contributed by atoms with Gasteiger partial charge in [0.15, 0.2) is 0 Å². The number of aromatic amines is 1. The molecular weight excluding hydrogens is 256 g/mol. The van der Waals surface area contributed by atoms with Crippen LogP contribution in [0.4, 0.5) is 0 Å². The van der Waals surface area contributed by atoms with Gasteiger partial charge in [-0.25, -0.2) is 4.98 Å². The van der Waals surface area contributed by atoms with E-state index < -0.39 is 0 Å². The summed E-state index contributed by atoms with van der Waals surface area (Å²) in [7, 11) is 1.57. The van der Waals surface area contributed by atoms with Crippen molar-refractivity contribution >= 4 is 0 Å². The highest BCUT2D eigenvalue weighted by atomic mass is 16.5. The Kier molecular flexibility index (Phi) is 4.53. The fraction of sp³-hybridized carbons (Fsp3) is 0.333. The van der Waals surface area contributed by atoms with Gasteiger partial charge in [0.25, 0.3) is 5.56 Å². The Labute approximate surface area is 117 Å². The third-order valence-corrected chi connectivity index (χ3v) is 2.59. The van der Waals surface area contributed by atoms with Gasteiger partial charge in [0.2, 0.25) is 0 Å². The molecule has 0 amide bonds. The summed E-state index contributed by atoms with van der Waals surface area (Å²) in [6, 6.07) is 8.89. The lowest BCUT2D eigenvalue weighted by molar-refractivity contribution is 0.181. The Morgan fingerprint density at radius 3 is 2.55 bits per heavy atom. The first-order valence-electron chi connectivity index (χ1n) is 6.45. The first-order valence-corrected chi connectivity index (χ1v) is 6.45. The largest absolute Gasteiger partial charge is 0.491 e. The quantitative estimate of drug-likeness (QED) is 0.909. The summed E-state index contributed by atoms with van der Waals surface area (Å²) in [5, 5.41) is 0. The van der Waals surface area contributed by atoms with E-state index in [4.69, 9.17) is 9.47 Å². The highest BCUT2D eigenvalue weighted by Crippen LogP contribution is 2.19. The van der Waals surface area contributed by atoms with Crippen LogP contribution >= 0.6 is 0 Å². The van der Waals surface area contributed by atoms with E-state index in [9.17, 15) is 4.79 Å². The minimum atomic E-state index is -0.190. The number of hydrogen-bond acceptors (Lipinski definition) is 4. The van der Waals surface area contributed by atoms with Crippen LogP contribution in [0.25, 0.3) is 11.4 Å². The monoisotopic (exact) mass is 274 g/mol. The lowest BCUT2D eigenvalue weighted by atomic mass is 10.2. The van der Waals surface area contributed by atoms with Crippen molar-refractivity contribution in [3.63, 3.8) is 0 Å². The summed E-state index contributed by atoms with van der Waals surface area (Å²) >= 11 is 0. The van der Waals surface area contributed by atoms with Crippen LogP contribution in [-0.4, -0.2) is 23.2 Å². The highest BCUT2D eigenvalue weighted by Gasteiger charge is 2.05. The Bertz CT molecular complexity index is 618. The Balaban J connectivity index is 2.29. The fourth-order valence-corrected chi connectivity index (χ4v) is 1.83. The standard InChI is InChI=1S/C15H18N2O3/c1-10(2)20-13-6-4-11(5-7-13)15-16-12(9-19-3)8-14(18)17-15/h4-8,10H,9H2,1-3H3,(H,16,17,18). The molecule has 0 atom stereocenters. The van der Waals surface area contributed by atoms with Crippen LogP contribution in [0, 0.1) is 0 Å². The molecule has 0 unspecified atom stereocenters. The second kappa shape index (κ2) is 6.34. The number of ether oxygens (including phenoxy) is 2. The second-order valence-electron chi connectivity index (χ2n) is 4.71. The van der Waals surface area contributed by atoms with Crippen LogP contribution in [0.1, 0.15) is 19.5 Å². The van der Waals surface area contributed by atoms with Gasteiger partial charge in [0.05, 0.1) is 18.4 Å². The van der Waals surface area contributed by atoms with E-state index in [1.54, 1.807) is 7.11 Å². The maximum atomic E-state index is 11.6. The SMILES string of the molecule is COCc1cc(=O)[nH]c(-c2ccc(OC(C)C)cc2)n1. The predicted molar refractivity (Wildman–Crippen MR) is 76.8 cm³/mol. The number of aromatic nitrogens is 2. The first-order chi connectivity index (χ1) is 9.58. The summed E-state index contributed by atoms with van der Waals surface area (Å²) < 4.78 is 10.6. The lowest BCUT2D eigenvalue weighted by Crippen LogP contribution is -2.11. The average molecular weight is 274 g/mol. The van der Waals surface area contributed by atoms with E-state index in [0.717, 1.165) is 11.3 Å². The molecule has 20 heavy (non-hydrogen) atoms. The maximum Gasteiger partial charge on any atom is 0.251 e. The van der Waals surface area contributed by atoms with E-state index in [0.29, 0.717) is 18.1 Å². The Hall–Kier alpha value is -2.14. The van der Waals surface area contributed by atoms with Gasteiger partial charge in [-0.1, -0.05) is 0 Å². The topological polar surface area (TPSA) is 64.2 Å². The van der Waals surface area contributed by atoms with Gasteiger partial charge in [-0.15, -0.1) is 0 Å². The molecule has 0 fully saturated rings. The number of benzene rings is 1. The molecule has 5 heteroatoms. The number of methoxy groups -OCH3 is 1. The van der Waals surface area contributed by atoms with Crippen LogP contribution < -0.4 is 10.3 Å². The second-order valence-corrected chi connectivity index (χ2v) is 4.71. The molecule has 1 aromatic carbocycles. The molecule has 0 radical (unpaired) electrons. The van der Waals surface area contributed by atoms with Crippen molar-refractivity contribution in [1.82, 2.24) is 9.97 Å². The van der Waals surface area contributed by atoms with E-state index in [-0.39, 0.29) is 11.7 Å². The molecule has 0 saturated carbocycles. The third-order valence-electron chi connectivity index (χ3n) is 2.59. The summed E-state index contributed by atoms with van der Waals surface area (Å²) in [6.07, 6.45) is 0.129. The van der Waals surface area contributed by atoms with Gasteiger partial charge < -0.3 is 14.5 Å². The number of nitrogens with one attached hydrogen (secondary N) is 1. The third kappa shape index (κ3) is 3.68. The van der Waals surface area contributed by atoms with Crippen molar-refractivity contribution in [2.24, 2.45) is 0 Å². The van der Waals surface area contributed by atoms with Crippen LogP contribution in [0.15, 0.2) is 35.1 Å². The molecule has 0 spiro atoms. The van der Waals surface area contributed by atoms with Gasteiger partial charge in [0, 0.05) is 18.7 Å². The fourth-order valence-electron chi connectivity index (χ4n) is 1.83. The highest BCUT2D eigenvalue weighted by molar-refractivity contribution is 5.56. The zero-order valence-corrected chi connectivity index (χ0v) is 11.8. The maximum absolute atomic E-state index is 11.6. The van der Waals surface area contributed by atoms with Gasteiger partial charge in [0.1, 0.15) is 11.6 Å². The molecule has 1 aromatic heterocycles. The molecule has 0 bridgehead atoms. The van der Waals surface area contributed by atoms with Crippen LogP contribution in [0.2, 0.25) is 0 Å². The number of nitrogens with zero attached hydrogens (tertiary/aromatic N) is 1. The van der Waals surface area contributed by atoms with Gasteiger partial charge in [-0.05, 0) is 38.1 Å². The Morgan fingerprint density at radius 1 is 1.25 bits per heavy atom. The van der Waals surface area contributed by atoms with Crippen molar-refractivity contribution in [3.05, 3.63) is 46.4 Å². The molecule has 2 rings (SSSR count). The van der Waals surface area contributed by atoms with Crippen LogP contribution in [-0.2, 0) is 11.3 Å². The molecule has 0 aliphatic rings. The number of H-pyrrole nitrogens is 1. The zero-order chi connectivity index (χ0) is 14.5. The van der Waals surface area contributed by atoms with Crippen molar-refractivity contribution in [2.75, 3.05) is 7.11 Å². The molecule has 0 aliphatic heterocycles. The minimum absolute atomic E-state index is 0.129. The zero-order valence-electron chi connectivity index (χ0n) is 11.8. The van der Waals surface area contributed by atoms with E-state index in [2.05, 4.69) is 9.97 Å². The predicted octanol–water partition coefficient (Wildman–Crippen LogP) is 2.37. The van der Waals surface area contributed by atoms with Crippen molar-refractivity contribution < 1.29 is 9.47 Å². The molecule has 1 heterocycles. The van der Waals surface area contributed by atoms with Crippen molar-refractivity contribution in [1.29, 1.82) is 0 Å². The Morgan fingerprint density at radius 2 is 1.95 bits per heavy atom. The molecule has 0 aliphatic carbocycles. The summed E-state index contributed by atoms with van der Waals surface area (Å²) in [6.45, 7) is 4.26. The number of hydrogen-bond donors (Lipinski definition) is 1. The lowest BCUT2D eigenvalue weighted by Gasteiger charge is -2.10. The molecular formula is C15H18N2O3. The van der Waals surface area contributed by atoms with E-state index >= 15 is 0 Å². The smallest absolute Gasteiger partial charge is 0.251 e. The van der Waals surface area contributed by atoms with E-state index in [1.165, 1.54) is 6.07 Å². The summed E-state index contributed by atoms with van der Waals surface area (Å²) in [5.41, 5.74) is 1.24. The average Bonchev–Trinajstić information content (AvgIpc) is 2.38. The first kappa shape index (κ1) is 14.3. The molecule has 0 saturated heterocycles. The van der Waals surface area contributed by atoms with Crippen LogP contribution in [0.5, 0.6) is 5.75 Å². The van der Waals surface area contributed by atoms with Gasteiger partial charge in [-0.2, -0.15) is 0 Å². The molecule has 1 N–H and O–H groups in total. The molecule has 5 nitrogen and oxygen atoms in total. The molecule has 2 aromatic rings. The molecule has 106 valence electrons. The summed E-state index contributed by atoms with van der Waals surface area (Å²) in [5.74, 6) is 1.32. The normalized spacial score (nSPS) is 10.8. The van der Waals surface area contributed by atoms with Gasteiger partial charge >= 0.3 is 0 Å². The van der Waals surface area contributed by atoms with Crippen molar-refractivity contribution in [3.8, 4) is 17.1 Å². The van der Waals surface area contributed by atoms with Gasteiger partial charge in [-0.3, -0.25) is 4.79 Å². The van der Waals surface area contributed by atoms with E-state index in [1.807, 2.05) is 38.1 Å². The number of rotatable bonds is 5. The summed E-state index contributed by atoms with van der Waals surface area (Å²) in [4.78, 5) is 18.7. The van der Waals surface area contributed by atoms with Crippen LogP contribution in [0.3, 0.4) is 0 Å².